The number of amides is 4. The number of nitrogens with zero attached hydrogens (tertiary/aromatic N) is 5. The number of benzene rings is 2. The molecule has 358 valence electrons. The van der Waals surface area contributed by atoms with Crippen LogP contribution in [0.5, 0.6) is 5.75 Å². The molecule has 4 aromatic rings. The van der Waals surface area contributed by atoms with Crippen LogP contribution in [0.15, 0.2) is 54.7 Å². The van der Waals surface area contributed by atoms with E-state index >= 15 is 0 Å². The first kappa shape index (κ1) is 47.6. The number of methoxy groups -OCH3 is 1. The Balaban J connectivity index is 1.20. The van der Waals surface area contributed by atoms with Crippen LogP contribution in [0.3, 0.4) is 0 Å². The number of likely N-dealkylation sites (N-methyl/N-ethyl adjacent to an activating group) is 2. The van der Waals surface area contributed by atoms with Crippen LogP contribution < -0.4 is 16.1 Å². The zero-order chi connectivity index (χ0) is 47.7. The summed E-state index contributed by atoms with van der Waals surface area (Å²) in [7, 11) is 4.84. The quantitative estimate of drug-likeness (QED) is 0.118. The van der Waals surface area contributed by atoms with Crippen molar-refractivity contribution in [2.75, 3.05) is 47.4 Å². The average Bonchev–Trinajstić information content (AvgIpc) is 3.95. The fourth-order valence-corrected chi connectivity index (χ4v) is 10.3. The van der Waals surface area contributed by atoms with E-state index in [1.54, 1.807) is 39.5 Å². The van der Waals surface area contributed by atoms with E-state index in [0.29, 0.717) is 37.9 Å². The van der Waals surface area contributed by atoms with E-state index in [-0.39, 0.29) is 61.7 Å². The Hall–Kier alpha value is -5.84. The molecular formula is C51H66N8O8. The Morgan fingerprint density at radius 3 is 2.52 bits per heavy atom. The SMILES string of the molecule is CCn1c(-c2cccnc2[C@H](C)OC)c2c3cc(ccc31)-c1cc(O)cc(c1)C[C@H](NC(=O)C(C1CCCC1)N(C)C(=O)CN(C)C(=O)[C@H]1CN1)C(=O)N1CCC[C@H](N1)C(=O)OCC(C)(C)C2. The number of hydrogen-bond acceptors (Lipinski definition) is 11. The molecule has 2 aromatic heterocycles. The maximum absolute atomic E-state index is 14.8. The van der Waals surface area contributed by atoms with Gasteiger partial charge in [0.25, 0.3) is 5.91 Å². The van der Waals surface area contributed by atoms with Crippen LogP contribution in [0, 0.1) is 11.3 Å². The number of cyclic esters (lactones) is 1. The van der Waals surface area contributed by atoms with Gasteiger partial charge in [0.2, 0.25) is 17.7 Å². The highest BCUT2D eigenvalue weighted by Gasteiger charge is 2.41. The Bertz CT molecular complexity index is 2530. The van der Waals surface area contributed by atoms with E-state index in [2.05, 4.69) is 59.6 Å². The number of hydrogen-bond donors (Lipinski definition) is 4. The lowest BCUT2D eigenvalue weighted by molar-refractivity contribution is -0.155. The molecule has 0 spiro atoms. The lowest BCUT2D eigenvalue weighted by atomic mass is 9.84. The minimum atomic E-state index is -1.15. The standard InChI is InChI=1S/C51H66N8O8/c1-8-58-42-18-17-33-25-37(42)38(46(58)36-15-11-19-52-44(36)30(2)66-7)26-51(3,4)29-67-50(65)39-16-12-20-59(55-39)49(64)40(23-31-21-34(33)24-35(60)22-31)54-47(62)45(32-13-9-10-14-32)57(6)43(61)28-56(5)48(63)41-27-53-41/h11,15,17-19,21-22,24-25,30,32,39-41,45,53,55,60H,8-10,12-14,16,20,23,26-29H2,1-7H3,(H,54,62)/t30-,39-,40-,41+,45?/m0/s1. The first-order chi connectivity index (χ1) is 32.1. The molecule has 3 aliphatic heterocycles. The third kappa shape index (κ3) is 10.2. The van der Waals surface area contributed by atoms with Crippen molar-refractivity contribution in [2.45, 2.75) is 116 Å². The van der Waals surface area contributed by atoms with E-state index in [0.717, 1.165) is 70.2 Å². The summed E-state index contributed by atoms with van der Waals surface area (Å²) in [5.74, 6) is -2.15. The highest BCUT2D eigenvalue weighted by Crippen LogP contribution is 2.42. The molecule has 6 bridgehead atoms. The van der Waals surface area contributed by atoms with Crippen molar-refractivity contribution in [3.63, 3.8) is 0 Å². The zero-order valence-corrected chi connectivity index (χ0v) is 39.9. The van der Waals surface area contributed by atoms with Gasteiger partial charge in [0.05, 0.1) is 36.7 Å². The van der Waals surface area contributed by atoms with Crippen LogP contribution in [0.1, 0.15) is 89.1 Å². The number of phenols is 1. The van der Waals surface area contributed by atoms with E-state index in [1.165, 1.54) is 14.8 Å². The summed E-state index contributed by atoms with van der Waals surface area (Å²) in [5.41, 5.74) is 9.59. The van der Waals surface area contributed by atoms with Crippen LogP contribution in [-0.2, 0) is 52.8 Å². The van der Waals surface area contributed by atoms with Gasteiger partial charge >= 0.3 is 5.97 Å². The van der Waals surface area contributed by atoms with Gasteiger partial charge in [-0.05, 0) is 111 Å². The van der Waals surface area contributed by atoms with Crippen LogP contribution >= 0.6 is 0 Å². The number of aryl methyl sites for hydroxylation is 1. The number of hydrazine groups is 1. The maximum Gasteiger partial charge on any atom is 0.324 e. The van der Waals surface area contributed by atoms with Gasteiger partial charge in [0, 0.05) is 75.3 Å². The van der Waals surface area contributed by atoms with E-state index in [4.69, 9.17) is 14.5 Å². The van der Waals surface area contributed by atoms with E-state index in [9.17, 15) is 29.1 Å². The summed E-state index contributed by atoms with van der Waals surface area (Å²) in [6.45, 7) is 9.68. The highest BCUT2D eigenvalue weighted by molar-refractivity contribution is 5.96. The van der Waals surface area contributed by atoms with Gasteiger partial charge in [0.15, 0.2) is 0 Å². The highest BCUT2D eigenvalue weighted by atomic mass is 16.5. The average molecular weight is 919 g/mol. The molecule has 67 heavy (non-hydrogen) atoms. The monoisotopic (exact) mass is 919 g/mol. The third-order valence-electron chi connectivity index (χ3n) is 14.1. The molecule has 5 heterocycles. The normalized spacial score (nSPS) is 21.8. The van der Waals surface area contributed by atoms with Crippen LogP contribution in [0.2, 0.25) is 0 Å². The molecule has 1 unspecified atom stereocenters. The predicted molar refractivity (Wildman–Crippen MR) is 253 cm³/mol. The lowest BCUT2D eigenvalue weighted by Gasteiger charge is -2.37. The van der Waals surface area contributed by atoms with Gasteiger partial charge in [-0.25, -0.2) is 5.43 Å². The summed E-state index contributed by atoms with van der Waals surface area (Å²) >= 11 is 0. The van der Waals surface area contributed by atoms with Crippen molar-refractivity contribution in [3.05, 3.63) is 71.5 Å². The Morgan fingerprint density at radius 2 is 1.81 bits per heavy atom. The molecule has 3 fully saturated rings. The maximum atomic E-state index is 14.8. The largest absolute Gasteiger partial charge is 0.508 e. The summed E-state index contributed by atoms with van der Waals surface area (Å²) in [6, 6.07) is 12.3. The van der Waals surface area contributed by atoms with Crippen molar-refractivity contribution >= 4 is 40.5 Å². The Morgan fingerprint density at radius 1 is 1.04 bits per heavy atom. The summed E-state index contributed by atoms with van der Waals surface area (Å²) < 4.78 is 14.2. The van der Waals surface area contributed by atoms with Crippen molar-refractivity contribution in [3.8, 4) is 28.1 Å². The molecule has 5 atom stereocenters. The molecule has 4 amide bonds. The second kappa shape index (κ2) is 19.8. The van der Waals surface area contributed by atoms with Crippen LogP contribution in [0.25, 0.3) is 33.3 Å². The van der Waals surface area contributed by atoms with Gasteiger partial charge < -0.3 is 39.6 Å². The van der Waals surface area contributed by atoms with Crippen molar-refractivity contribution in [1.29, 1.82) is 0 Å². The van der Waals surface area contributed by atoms with Gasteiger partial charge in [-0.15, -0.1) is 0 Å². The summed E-state index contributed by atoms with van der Waals surface area (Å²) in [4.78, 5) is 77.7. The number of esters is 1. The molecule has 16 nitrogen and oxygen atoms in total. The molecule has 0 radical (unpaired) electrons. The topological polar surface area (TPSA) is 198 Å². The first-order valence-corrected chi connectivity index (χ1v) is 23.8. The minimum absolute atomic E-state index is 0.000542. The molecule has 2 aromatic carbocycles. The number of nitrogens with one attached hydrogen (secondary N) is 3. The number of aromatic hydroxyl groups is 1. The molecular weight excluding hydrogens is 853 g/mol. The number of phenolic OH excluding ortho intramolecular Hbond substituents is 1. The van der Waals surface area contributed by atoms with Crippen molar-refractivity contribution in [2.24, 2.45) is 11.3 Å². The van der Waals surface area contributed by atoms with Crippen molar-refractivity contribution < 1.29 is 38.6 Å². The number of carbonyl (C=O) groups excluding carboxylic acids is 5. The number of pyridine rings is 1. The fraction of sp³-hybridized carbons (Fsp3) is 0.529. The molecule has 1 saturated carbocycles. The summed E-state index contributed by atoms with van der Waals surface area (Å²) in [5, 5.41) is 19.8. The molecule has 16 heteroatoms. The first-order valence-electron chi connectivity index (χ1n) is 23.8. The van der Waals surface area contributed by atoms with Gasteiger partial charge in [0.1, 0.15) is 23.9 Å². The van der Waals surface area contributed by atoms with Gasteiger partial charge in [-0.1, -0.05) is 38.8 Å². The molecule has 1 aliphatic carbocycles. The Labute approximate surface area is 392 Å². The molecule has 2 saturated heterocycles. The van der Waals surface area contributed by atoms with Gasteiger partial charge in [-0.3, -0.25) is 34.0 Å². The van der Waals surface area contributed by atoms with E-state index in [1.807, 2.05) is 25.1 Å². The number of ether oxygens (including phenoxy) is 2. The minimum Gasteiger partial charge on any atom is -0.508 e. The number of carbonyl (C=O) groups is 5. The predicted octanol–water partition coefficient (Wildman–Crippen LogP) is 4.90. The molecule has 4 N–H and O–H groups in total. The summed E-state index contributed by atoms with van der Waals surface area (Å²) in [6.07, 6.45) is 6.25. The van der Waals surface area contributed by atoms with Crippen molar-refractivity contribution in [1.82, 2.24) is 40.4 Å². The second-order valence-electron chi connectivity index (χ2n) is 19.7. The van der Waals surface area contributed by atoms with Crippen LogP contribution in [0.4, 0.5) is 0 Å². The second-order valence-corrected chi connectivity index (χ2v) is 19.7. The third-order valence-corrected chi connectivity index (χ3v) is 14.1. The fourth-order valence-electron chi connectivity index (χ4n) is 10.3. The zero-order valence-electron chi connectivity index (χ0n) is 39.9. The van der Waals surface area contributed by atoms with Gasteiger partial charge in [-0.2, -0.15) is 0 Å². The smallest absolute Gasteiger partial charge is 0.324 e. The lowest BCUT2D eigenvalue weighted by Crippen LogP contribution is -2.62. The Kier molecular flexibility index (Phi) is 14.1. The number of fused-ring (bicyclic) bond motifs is 6. The molecule has 8 rings (SSSR count). The van der Waals surface area contributed by atoms with Crippen LogP contribution in [-0.4, -0.2) is 131 Å². The molecule has 4 aliphatic rings. The number of rotatable bonds is 11. The van der Waals surface area contributed by atoms with E-state index < -0.39 is 41.3 Å². The number of aromatic nitrogens is 2.